The Labute approximate surface area is 93.0 Å². The van der Waals surface area contributed by atoms with Gasteiger partial charge in [0.15, 0.2) is 0 Å². The molecule has 0 atom stereocenters. The first-order valence-electron chi connectivity index (χ1n) is 5.40. The molecule has 0 aliphatic rings. The predicted molar refractivity (Wildman–Crippen MR) is 64.0 cm³/mol. The first-order chi connectivity index (χ1) is 6.69. The summed E-state index contributed by atoms with van der Waals surface area (Å²) in [4.78, 5) is 11.5. The molecule has 0 saturated heterocycles. The molecule has 0 aromatic carbocycles. The molecule has 0 heterocycles. The molecule has 4 heteroatoms. The van der Waals surface area contributed by atoms with E-state index < -0.39 is 12.6 Å². The zero-order valence-corrected chi connectivity index (χ0v) is 11.4. The lowest BCUT2D eigenvalue weighted by Gasteiger charge is -2.20. The van der Waals surface area contributed by atoms with Gasteiger partial charge in [-0.25, -0.2) is 0 Å². The second-order valence-corrected chi connectivity index (χ2v) is 8.62. The van der Waals surface area contributed by atoms with Gasteiger partial charge in [0.1, 0.15) is 0 Å². The van der Waals surface area contributed by atoms with Crippen LogP contribution in [0.5, 0.6) is 0 Å². The number of carbonyl (C=O) groups is 1. The molecule has 0 aliphatic carbocycles. The van der Waals surface area contributed by atoms with Crippen molar-refractivity contribution in [3.63, 3.8) is 0 Å². The molecule has 0 fully saturated rings. The summed E-state index contributed by atoms with van der Waals surface area (Å²) in [5.74, 6) is -0.160. The van der Waals surface area contributed by atoms with Gasteiger partial charge >= 0.3 is 5.97 Å². The molecule has 0 aromatic heterocycles. The first-order valence-corrected chi connectivity index (χ1v) is 8.19. The molecular weight excluding hydrogens is 211 g/mol. The van der Waals surface area contributed by atoms with Gasteiger partial charge in [0.25, 0.3) is 0 Å². The minimum absolute atomic E-state index is 0.160. The number of hydrogen-bond acceptors (Lipinski definition) is 3. The lowest BCUT2D eigenvalue weighted by atomic mass is 9.91. The van der Waals surface area contributed by atoms with Crippen LogP contribution < -0.4 is 0 Å². The largest absolute Gasteiger partial charge is 0.465 e. The molecule has 0 bridgehead atoms. The topological polar surface area (TPSA) is 43.4 Å². The summed E-state index contributed by atoms with van der Waals surface area (Å²) >= 11 is 0. The molecule has 0 spiro atoms. The lowest BCUT2D eigenvalue weighted by Crippen LogP contribution is -2.26. The van der Waals surface area contributed by atoms with E-state index in [4.69, 9.17) is 4.74 Å². The van der Waals surface area contributed by atoms with Gasteiger partial charge in [-0.3, -0.25) is 4.79 Å². The molecule has 0 amide bonds. The molecule has 0 saturated carbocycles. The smallest absolute Gasteiger partial charge is 0.311 e. The second-order valence-electron chi connectivity index (χ2n) is 5.02. The maximum Gasteiger partial charge on any atom is 0.311 e. The van der Waals surface area contributed by atoms with Gasteiger partial charge < -0.3 is 9.30 Å². The summed E-state index contributed by atoms with van der Waals surface area (Å²) in [5, 5.41) is 0. The lowest BCUT2D eigenvalue weighted by molar-refractivity contribution is -0.154. The van der Waals surface area contributed by atoms with Crippen molar-refractivity contribution in [1.82, 2.24) is 0 Å². The zero-order chi connectivity index (χ0) is 12.1. The normalized spacial score (nSPS) is 12.6. The third-order valence-corrected chi connectivity index (χ3v) is 3.90. The molecule has 15 heavy (non-hydrogen) atoms. The average molecular weight is 234 g/mol. The van der Waals surface area contributed by atoms with Crippen LogP contribution in [0.2, 0.25) is 0 Å². The van der Waals surface area contributed by atoms with Crippen molar-refractivity contribution in [3.8, 4) is 0 Å². The van der Waals surface area contributed by atoms with Crippen LogP contribution in [0.15, 0.2) is 0 Å². The SMILES string of the molecule is CCC(C)(C)C(=O)OCCCP(C)(C)=O. The molecule has 0 N–H and O–H groups in total. The van der Waals surface area contributed by atoms with Gasteiger partial charge in [0.05, 0.1) is 19.2 Å². The fourth-order valence-electron chi connectivity index (χ4n) is 0.950. The van der Waals surface area contributed by atoms with Crippen molar-refractivity contribution in [1.29, 1.82) is 0 Å². The van der Waals surface area contributed by atoms with Crippen LogP contribution in [-0.2, 0) is 14.1 Å². The monoisotopic (exact) mass is 234 g/mol. The van der Waals surface area contributed by atoms with E-state index >= 15 is 0 Å². The van der Waals surface area contributed by atoms with Crippen molar-refractivity contribution in [2.75, 3.05) is 26.1 Å². The Bertz CT molecular complexity index is 253. The van der Waals surface area contributed by atoms with E-state index in [1.165, 1.54) is 0 Å². The van der Waals surface area contributed by atoms with E-state index in [0.717, 1.165) is 6.42 Å². The van der Waals surface area contributed by atoms with Crippen LogP contribution in [0.25, 0.3) is 0 Å². The second kappa shape index (κ2) is 5.69. The number of ether oxygens (including phenoxy) is 1. The van der Waals surface area contributed by atoms with Crippen LogP contribution in [0.1, 0.15) is 33.6 Å². The van der Waals surface area contributed by atoms with E-state index in [0.29, 0.717) is 19.2 Å². The number of esters is 1. The van der Waals surface area contributed by atoms with E-state index in [9.17, 15) is 9.36 Å². The van der Waals surface area contributed by atoms with Crippen LogP contribution >= 0.6 is 7.14 Å². The molecule has 0 unspecified atom stereocenters. The van der Waals surface area contributed by atoms with Gasteiger partial charge in [0.2, 0.25) is 0 Å². The predicted octanol–water partition coefficient (Wildman–Crippen LogP) is 2.98. The third kappa shape index (κ3) is 6.72. The summed E-state index contributed by atoms with van der Waals surface area (Å²) in [6.07, 6.45) is 2.11. The molecular formula is C11H23O3P. The van der Waals surface area contributed by atoms with Gasteiger partial charge in [-0.05, 0) is 40.0 Å². The molecule has 3 nitrogen and oxygen atoms in total. The van der Waals surface area contributed by atoms with E-state index in [1.807, 2.05) is 20.8 Å². The van der Waals surface area contributed by atoms with Crippen molar-refractivity contribution >= 4 is 13.1 Å². The van der Waals surface area contributed by atoms with Crippen molar-refractivity contribution in [3.05, 3.63) is 0 Å². The average Bonchev–Trinajstić information content (AvgIpc) is 2.10. The van der Waals surface area contributed by atoms with Gasteiger partial charge in [-0.15, -0.1) is 0 Å². The van der Waals surface area contributed by atoms with Crippen molar-refractivity contribution < 1.29 is 14.1 Å². The Morgan fingerprint density at radius 2 is 1.87 bits per heavy atom. The fourth-order valence-corrected chi connectivity index (χ4v) is 1.84. The van der Waals surface area contributed by atoms with Crippen molar-refractivity contribution in [2.45, 2.75) is 33.6 Å². The number of hydrogen-bond donors (Lipinski definition) is 0. The number of carbonyl (C=O) groups excluding carboxylic acids is 1. The first kappa shape index (κ1) is 14.7. The van der Waals surface area contributed by atoms with Crippen LogP contribution in [0.3, 0.4) is 0 Å². The highest BCUT2D eigenvalue weighted by molar-refractivity contribution is 7.62. The Morgan fingerprint density at radius 3 is 2.27 bits per heavy atom. The van der Waals surface area contributed by atoms with E-state index in [2.05, 4.69) is 0 Å². The molecule has 90 valence electrons. The Morgan fingerprint density at radius 1 is 1.33 bits per heavy atom. The third-order valence-electron chi connectivity index (χ3n) is 2.51. The van der Waals surface area contributed by atoms with E-state index in [1.54, 1.807) is 13.3 Å². The summed E-state index contributed by atoms with van der Waals surface area (Å²) in [6, 6.07) is 0. The Hall–Kier alpha value is -0.300. The molecule has 0 rings (SSSR count). The minimum atomic E-state index is -1.96. The Balaban J connectivity index is 3.79. The maximum absolute atomic E-state index is 11.5. The standard InChI is InChI=1S/C11H23O3P/c1-6-11(2,3)10(12)14-8-7-9-15(4,5)13/h6-9H2,1-5H3. The van der Waals surface area contributed by atoms with Gasteiger partial charge in [0, 0.05) is 6.16 Å². The number of rotatable bonds is 6. The summed E-state index contributed by atoms with van der Waals surface area (Å²) in [5.41, 5.74) is -0.401. The molecule has 0 aromatic rings. The maximum atomic E-state index is 11.5. The fraction of sp³-hybridized carbons (Fsp3) is 0.909. The van der Waals surface area contributed by atoms with Gasteiger partial charge in [-0.1, -0.05) is 6.92 Å². The van der Waals surface area contributed by atoms with Crippen LogP contribution in [0.4, 0.5) is 0 Å². The molecule has 0 aliphatic heterocycles. The Kier molecular flexibility index (Phi) is 5.58. The van der Waals surface area contributed by atoms with Crippen LogP contribution in [0, 0.1) is 5.41 Å². The summed E-state index contributed by atoms with van der Waals surface area (Å²) in [7, 11) is -1.96. The molecule has 0 radical (unpaired) electrons. The quantitative estimate of drug-likeness (QED) is 0.403. The van der Waals surface area contributed by atoms with Gasteiger partial charge in [-0.2, -0.15) is 0 Å². The highest BCUT2D eigenvalue weighted by Crippen LogP contribution is 2.36. The summed E-state index contributed by atoms with van der Waals surface area (Å²) in [6.45, 7) is 9.61. The zero-order valence-electron chi connectivity index (χ0n) is 10.5. The highest BCUT2D eigenvalue weighted by Gasteiger charge is 2.26. The minimum Gasteiger partial charge on any atom is -0.465 e. The highest BCUT2D eigenvalue weighted by atomic mass is 31.2. The van der Waals surface area contributed by atoms with Crippen molar-refractivity contribution in [2.24, 2.45) is 5.41 Å². The summed E-state index contributed by atoms with van der Waals surface area (Å²) < 4.78 is 16.5. The van der Waals surface area contributed by atoms with E-state index in [-0.39, 0.29) is 5.97 Å². The van der Waals surface area contributed by atoms with Crippen LogP contribution in [-0.4, -0.2) is 32.1 Å².